The minimum atomic E-state index is 0.473. The van der Waals surface area contributed by atoms with E-state index in [0.717, 1.165) is 51.5 Å². The molecule has 2 aliphatic rings. The normalized spacial score (nSPS) is 16.5. The van der Waals surface area contributed by atoms with E-state index in [4.69, 9.17) is 9.72 Å². The molecule has 2 aromatic carbocycles. The van der Waals surface area contributed by atoms with Gasteiger partial charge in [-0.2, -0.15) is 5.26 Å². The Bertz CT molecular complexity index is 1440. The molecule has 0 bridgehead atoms. The first-order valence-electron chi connectivity index (χ1n) is 11.0. The highest BCUT2D eigenvalue weighted by atomic mass is 16.5. The number of hydrogen-bond donors (Lipinski definition) is 0. The smallest absolute Gasteiger partial charge is 0.160 e. The molecule has 0 saturated heterocycles. The summed E-state index contributed by atoms with van der Waals surface area (Å²) in [5.41, 5.74) is 7.85. The summed E-state index contributed by atoms with van der Waals surface area (Å²) in [5.74, 6) is 2.49. The molecule has 0 amide bonds. The van der Waals surface area contributed by atoms with Crippen molar-refractivity contribution in [3.63, 3.8) is 0 Å². The van der Waals surface area contributed by atoms with Crippen LogP contribution in [0.5, 0.6) is 5.75 Å². The highest BCUT2D eigenvalue weighted by Gasteiger charge is 2.30. The zero-order chi connectivity index (χ0) is 21.7. The van der Waals surface area contributed by atoms with Gasteiger partial charge in [-0.25, -0.2) is 9.97 Å². The van der Waals surface area contributed by atoms with Gasteiger partial charge in [0.15, 0.2) is 5.65 Å². The first-order valence-corrected chi connectivity index (χ1v) is 11.0. The lowest BCUT2D eigenvalue weighted by Crippen LogP contribution is -2.06. The number of aromatic nitrogens is 3. The molecule has 3 heterocycles. The average molecular weight is 419 g/mol. The van der Waals surface area contributed by atoms with Gasteiger partial charge in [0.25, 0.3) is 0 Å². The van der Waals surface area contributed by atoms with Gasteiger partial charge in [-0.1, -0.05) is 30.3 Å². The number of ether oxygens (including phenoxy) is 1. The number of para-hydroxylation sites is 1. The maximum Gasteiger partial charge on any atom is 0.160 e. The fourth-order valence-electron chi connectivity index (χ4n) is 4.64. The van der Waals surface area contributed by atoms with Gasteiger partial charge >= 0.3 is 0 Å². The fraction of sp³-hybridized carbons (Fsp3) is 0.222. The topological polar surface area (TPSA) is 63.7 Å². The van der Waals surface area contributed by atoms with Crippen molar-refractivity contribution in [1.82, 2.24) is 14.5 Å². The van der Waals surface area contributed by atoms with Crippen LogP contribution in [0.3, 0.4) is 0 Å². The number of rotatable bonds is 3. The van der Waals surface area contributed by atoms with Crippen molar-refractivity contribution in [2.75, 3.05) is 0 Å². The van der Waals surface area contributed by atoms with Gasteiger partial charge in [0.2, 0.25) is 0 Å². The first kappa shape index (κ1) is 18.8. The molecule has 0 radical (unpaired) electrons. The summed E-state index contributed by atoms with van der Waals surface area (Å²) in [5, 5.41) is 9.68. The van der Waals surface area contributed by atoms with E-state index in [1.165, 1.54) is 18.4 Å². The van der Waals surface area contributed by atoms with Crippen LogP contribution < -0.4 is 4.74 Å². The molecule has 4 aromatic rings. The Morgan fingerprint density at radius 3 is 2.84 bits per heavy atom. The van der Waals surface area contributed by atoms with E-state index in [2.05, 4.69) is 33.8 Å². The maximum absolute atomic E-state index is 9.68. The highest BCUT2D eigenvalue weighted by molar-refractivity contribution is 5.88. The number of pyridine rings is 1. The molecule has 1 aliphatic heterocycles. The van der Waals surface area contributed by atoms with Gasteiger partial charge in [0, 0.05) is 28.8 Å². The SMILES string of the molecule is CC(C#N)=C1c2ccc(Cn3c(C4CC4)nc4cccnc43)cc2COc2ccccc21. The molecule has 2 aromatic heterocycles. The van der Waals surface area contributed by atoms with Crippen LogP contribution in [-0.4, -0.2) is 14.5 Å². The third-order valence-electron chi connectivity index (χ3n) is 6.34. The number of allylic oxidation sites excluding steroid dienone is 1. The van der Waals surface area contributed by atoms with E-state index >= 15 is 0 Å². The minimum absolute atomic E-state index is 0.473. The minimum Gasteiger partial charge on any atom is -0.488 e. The largest absolute Gasteiger partial charge is 0.488 e. The summed E-state index contributed by atoms with van der Waals surface area (Å²) < 4.78 is 8.42. The fourth-order valence-corrected chi connectivity index (χ4v) is 4.64. The van der Waals surface area contributed by atoms with Crippen LogP contribution in [0.15, 0.2) is 66.4 Å². The van der Waals surface area contributed by atoms with Gasteiger partial charge in [-0.3, -0.25) is 0 Å². The van der Waals surface area contributed by atoms with Crippen LogP contribution in [-0.2, 0) is 13.2 Å². The van der Waals surface area contributed by atoms with Gasteiger partial charge in [0.1, 0.15) is 23.7 Å². The molecule has 1 fully saturated rings. The predicted octanol–water partition coefficient (Wildman–Crippen LogP) is 5.59. The van der Waals surface area contributed by atoms with Gasteiger partial charge in [-0.15, -0.1) is 0 Å². The summed E-state index contributed by atoms with van der Waals surface area (Å²) in [6, 6.07) is 20.8. The third kappa shape index (κ3) is 3.07. The van der Waals surface area contributed by atoms with Crippen molar-refractivity contribution in [3.05, 3.63) is 94.4 Å². The average Bonchev–Trinajstić information content (AvgIpc) is 3.63. The summed E-state index contributed by atoms with van der Waals surface area (Å²) in [6.45, 7) is 3.07. The van der Waals surface area contributed by atoms with E-state index in [1.807, 2.05) is 49.5 Å². The molecule has 1 aliphatic carbocycles. The van der Waals surface area contributed by atoms with Gasteiger partial charge < -0.3 is 9.30 Å². The number of fused-ring (bicyclic) bond motifs is 3. The quantitative estimate of drug-likeness (QED) is 0.407. The van der Waals surface area contributed by atoms with Crippen LogP contribution in [0.1, 0.15) is 53.8 Å². The maximum atomic E-state index is 9.68. The second kappa shape index (κ2) is 7.35. The molecule has 5 heteroatoms. The highest BCUT2D eigenvalue weighted by Crippen LogP contribution is 2.41. The second-order valence-corrected chi connectivity index (χ2v) is 8.56. The Morgan fingerprint density at radius 2 is 2.00 bits per heavy atom. The Labute approximate surface area is 186 Å². The predicted molar refractivity (Wildman–Crippen MR) is 123 cm³/mol. The molecule has 32 heavy (non-hydrogen) atoms. The Kier molecular flexibility index (Phi) is 4.32. The lowest BCUT2D eigenvalue weighted by Gasteiger charge is -2.14. The summed E-state index contributed by atoms with van der Waals surface area (Å²) in [4.78, 5) is 9.50. The third-order valence-corrected chi connectivity index (χ3v) is 6.34. The summed E-state index contributed by atoms with van der Waals surface area (Å²) >= 11 is 0. The second-order valence-electron chi connectivity index (χ2n) is 8.56. The molecular weight excluding hydrogens is 396 g/mol. The molecule has 0 N–H and O–H groups in total. The van der Waals surface area contributed by atoms with E-state index in [0.29, 0.717) is 18.1 Å². The van der Waals surface area contributed by atoms with Crippen LogP contribution in [0.4, 0.5) is 0 Å². The van der Waals surface area contributed by atoms with Gasteiger partial charge in [-0.05, 0) is 60.7 Å². The standard InChI is InChI=1S/C27H22N4O/c1-17(14-28)25-21-11-8-18(13-20(21)16-32-24-7-3-2-5-22(24)25)15-31-26(19-9-10-19)30-23-6-4-12-29-27(23)31/h2-8,11-13,19H,9-10,15-16H2,1H3. The number of benzene rings is 2. The van der Waals surface area contributed by atoms with Gasteiger partial charge in [0.05, 0.1) is 12.6 Å². The van der Waals surface area contributed by atoms with Crippen LogP contribution in [0, 0.1) is 11.3 Å². The molecule has 0 unspecified atom stereocenters. The number of nitriles is 1. The lowest BCUT2D eigenvalue weighted by molar-refractivity contribution is 0.307. The summed E-state index contributed by atoms with van der Waals surface area (Å²) in [7, 11) is 0. The first-order chi connectivity index (χ1) is 15.7. The van der Waals surface area contributed by atoms with E-state index < -0.39 is 0 Å². The van der Waals surface area contributed by atoms with Crippen LogP contribution in [0.25, 0.3) is 16.7 Å². The molecule has 1 saturated carbocycles. The molecular formula is C27H22N4O. The van der Waals surface area contributed by atoms with Crippen molar-refractivity contribution < 1.29 is 4.74 Å². The number of nitrogens with zero attached hydrogens (tertiary/aromatic N) is 4. The van der Waals surface area contributed by atoms with E-state index in [-0.39, 0.29) is 0 Å². The number of hydrogen-bond acceptors (Lipinski definition) is 4. The molecule has 0 atom stereocenters. The molecule has 5 nitrogen and oxygen atoms in total. The zero-order valence-corrected chi connectivity index (χ0v) is 17.9. The Hall–Kier alpha value is -3.91. The monoisotopic (exact) mass is 418 g/mol. The van der Waals surface area contributed by atoms with Crippen molar-refractivity contribution in [1.29, 1.82) is 5.26 Å². The number of imidazole rings is 1. The molecule has 0 spiro atoms. The lowest BCUT2D eigenvalue weighted by atomic mass is 9.90. The van der Waals surface area contributed by atoms with Crippen LogP contribution in [0.2, 0.25) is 0 Å². The van der Waals surface area contributed by atoms with Crippen molar-refractivity contribution in [3.8, 4) is 11.8 Å². The van der Waals surface area contributed by atoms with E-state index in [1.54, 1.807) is 0 Å². The molecule has 6 rings (SSSR count). The van der Waals surface area contributed by atoms with Crippen molar-refractivity contribution >= 4 is 16.7 Å². The Morgan fingerprint density at radius 1 is 1.12 bits per heavy atom. The Balaban J connectivity index is 1.45. The summed E-state index contributed by atoms with van der Waals surface area (Å²) in [6.07, 6.45) is 4.23. The van der Waals surface area contributed by atoms with Crippen molar-refractivity contribution in [2.24, 2.45) is 0 Å². The zero-order valence-electron chi connectivity index (χ0n) is 17.9. The molecule has 156 valence electrons. The van der Waals surface area contributed by atoms with Crippen molar-refractivity contribution in [2.45, 2.75) is 38.8 Å². The van der Waals surface area contributed by atoms with E-state index in [9.17, 15) is 5.26 Å². The van der Waals surface area contributed by atoms with Crippen LogP contribution >= 0.6 is 0 Å².